The van der Waals surface area contributed by atoms with Crippen LogP contribution in [0.15, 0.2) is 52.5 Å². The van der Waals surface area contributed by atoms with E-state index in [1.165, 1.54) is 16.4 Å². The number of Topliss-reactive ketones (excluding diaryl/α,β-unsaturated/α-hetero) is 1. The van der Waals surface area contributed by atoms with Crippen molar-refractivity contribution < 1.29 is 24.2 Å². The molecular weight excluding hydrogens is 484 g/mol. The van der Waals surface area contributed by atoms with Crippen molar-refractivity contribution in [3.05, 3.63) is 59.2 Å². The van der Waals surface area contributed by atoms with Crippen LogP contribution in [0.5, 0.6) is 0 Å². The molecule has 3 rings (SSSR count). The molecule has 190 valence electrons. The van der Waals surface area contributed by atoms with E-state index in [1.807, 2.05) is 51.0 Å². The van der Waals surface area contributed by atoms with Crippen molar-refractivity contribution in [3.8, 4) is 0 Å². The molecule has 11 nitrogen and oxygen atoms in total. The highest BCUT2D eigenvalue weighted by molar-refractivity contribution is 7.99. The average Bonchev–Trinajstić information content (AvgIpc) is 3.26. The van der Waals surface area contributed by atoms with Crippen LogP contribution in [-0.2, 0) is 27.5 Å². The van der Waals surface area contributed by atoms with Crippen LogP contribution < -0.4 is 10.2 Å². The number of carboxylic acids is 1. The lowest BCUT2D eigenvalue weighted by Gasteiger charge is -2.18. The van der Waals surface area contributed by atoms with Gasteiger partial charge in [-0.15, -0.1) is 5.10 Å². The number of carboxylic acid groups (broad SMARTS) is 1. The number of aryl methyl sites for hydroxylation is 2. The minimum atomic E-state index is -1.31. The molecule has 3 aromatic rings. The standard InChI is InChI=1S/C24H28N6O5S/c1-15-10-18(29(3)4)11-16(2)22(15)36-23-26-27-28-30(23)13-20(31)19(12-21(32)33)25-24(34)35-14-17-8-6-5-7-9-17/h5-11,19H,12-14H2,1-4H3,(H,25,34)(H,32,33). The third-order valence-corrected chi connectivity index (χ3v) is 6.55. The van der Waals surface area contributed by atoms with Gasteiger partial charge in [0, 0.05) is 24.7 Å². The predicted molar refractivity (Wildman–Crippen MR) is 133 cm³/mol. The van der Waals surface area contributed by atoms with Gasteiger partial charge < -0.3 is 20.1 Å². The highest BCUT2D eigenvalue weighted by atomic mass is 32.2. The van der Waals surface area contributed by atoms with Crippen molar-refractivity contribution in [2.24, 2.45) is 0 Å². The van der Waals surface area contributed by atoms with Gasteiger partial charge >= 0.3 is 12.1 Å². The summed E-state index contributed by atoms with van der Waals surface area (Å²) < 4.78 is 6.42. The number of ketones is 1. The molecule has 1 aromatic heterocycles. The summed E-state index contributed by atoms with van der Waals surface area (Å²) in [4.78, 5) is 39.5. The van der Waals surface area contributed by atoms with Gasteiger partial charge in [-0.2, -0.15) is 0 Å². The number of nitrogens with zero attached hydrogens (tertiary/aromatic N) is 5. The fraction of sp³-hybridized carbons (Fsp3) is 0.333. The zero-order chi connectivity index (χ0) is 26.2. The van der Waals surface area contributed by atoms with E-state index >= 15 is 0 Å². The molecule has 0 radical (unpaired) electrons. The first-order chi connectivity index (χ1) is 17.1. The Labute approximate surface area is 212 Å². The smallest absolute Gasteiger partial charge is 0.408 e. The molecule has 0 saturated carbocycles. The number of aromatic nitrogens is 4. The van der Waals surface area contributed by atoms with Crippen molar-refractivity contribution in [3.63, 3.8) is 0 Å². The normalized spacial score (nSPS) is 11.6. The van der Waals surface area contributed by atoms with Crippen molar-refractivity contribution in [2.45, 2.75) is 49.5 Å². The molecule has 0 aliphatic carbocycles. The summed E-state index contributed by atoms with van der Waals surface area (Å²) in [6, 6.07) is 11.8. The van der Waals surface area contributed by atoms with Gasteiger partial charge in [0.2, 0.25) is 5.16 Å². The maximum atomic E-state index is 12.9. The number of rotatable bonds is 11. The summed E-state index contributed by atoms with van der Waals surface area (Å²) in [5, 5.41) is 23.6. The second-order valence-electron chi connectivity index (χ2n) is 8.35. The first-order valence-electron chi connectivity index (χ1n) is 11.1. The predicted octanol–water partition coefficient (Wildman–Crippen LogP) is 2.85. The van der Waals surface area contributed by atoms with E-state index < -0.39 is 30.3 Å². The van der Waals surface area contributed by atoms with Crippen molar-refractivity contribution in [1.82, 2.24) is 25.5 Å². The fourth-order valence-electron chi connectivity index (χ4n) is 3.39. The number of amides is 1. The Balaban J connectivity index is 1.69. The SMILES string of the molecule is Cc1cc(N(C)C)cc(C)c1Sc1nnnn1CC(=O)C(CC(=O)O)NC(=O)OCc1ccccc1. The van der Waals surface area contributed by atoms with Gasteiger partial charge in [0.05, 0.1) is 6.42 Å². The maximum absolute atomic E-state index is 12.9. The fourth-order valence-corrected chi connectivity index (χ4v) is 4.30. The Morgan fingerprint density at radius 1 is 1.14 bits per heavy atom. The van der Waals surface area contributed by atoms with E-state index in [4.69, 9.17) is 4.74 Å². The highest BCUT2D eigenvalue weighted by Crippen LogP contribution is 2.34. The molecule has 2 aromatic carbocycles. The number of aliphatic carboxylic acids is 1. The van der Waals surface area contributed by atoms with Crippen LogP contribution in [0, 0.1) is 13.8 Å². The van der Waals surface area contributed by atoms with E-state index in [-0.39, 0.29) is 13.2 Å². The van der Waals surface area contributed by atoms with Crippen LogP contribution in [0.4, 0.5) is 10.5 Å². The van der Waals surface area contributed by atoms with E-state index in [1.54, 1.807) is 24.3 Å². The number of anilines is 1. The number of tetrazole rings is 1. The van der Waals surface area contributed by atoms with Crippen LogP contribution in [0.25, 0.3) is 0 Å². The van der Waals surface area contributed by atoms with Gasteiger partial charge in [-0.25, -0.2) is 9.48 Å². The maximum Gasteiger partial charge on any atom is 0.408 e. The summed E-state index contributed by atoms with van der Waals surface area (Å²) >= 11 is 1.31. The zero-order valence-electron chi connectivity index (χ0n) is 20.5. The molecule has 36 heavy (non-hydrogen) atoms. The number of carbonyl (C=O) groups excluding carboxylic acids is 2. The summed E-state index contributed by atoms with van der Waals surface area (Å²) in [5.74, 6) is -1.81. The number of hydrogen-bond acceptors (Lipinski definition) is 9. The molecule has 0 saturated heterocycles. The molecule has 0 fully saturated rings. The van der Waals surface area contributed by atoms with Gasteiger partial charge in [0.15, 0.2) is 5.78 Å². The number of alkyl carbamates (subject to hydrolysis) is 1. The summed E-state index contributed by atoms with van der Waals surface area (Å²) in [7, 11) is 3.93. The van der Waals surface area contributed by atoms with E-state index in [0.29, 0.717) is 5.16 Å². The molecule has 12 heteroatoms. The van der Waals surface area contributed by atoms with Crippen LogP contribution in [-0.4, -0.2) is 63.3 Å². The van der Waals surface area contributed by atoms with Crippen molar-refractivity contribution >= 4 is 35.3 Å². The second kappa shape index (κ2) is 12.2. The largest absolute Gasteiger partial charge is 0.481 e. The van der Waals surface area contributed by atoms with Crippen molar-refractivity contribution in [1.29, 1.82) is 0 Å². The Kier molecular flexibility index (Phi) is 9.01. The van der Waals surface area contributed by atoms with Crippen LogP contribution >= 0.6 is 11.8 Å². The first-order valence-corrected chi connectivity index (χ1v) is 11.9. The van der Waals surface area contributed by atoms with E-state index in [0.717, 1.165) is 27.3 Å². The van der Waals surface area contributed by atoms with Gasteiger partial charge in [-0.3, -0.25) is 9.59 Å². The third kappa shape index (κ3) is 7.28. The summed E-state index contributed by atoms with van der Waals surface area (Å²) in [6.07, 6.45) is -1.49. The van der Waals surface area contributed by atoms with Crippen LogP contribution in [0.3, 0.4) is 0 Å². The van der Waals surface area contributed by atoms with Crippen LogP contribution in [0.2, 0.25) is 0 Å². The molecule has 1 heterocycles. The average molecular weight is 513 g/mol. The Morgan fingerprint density at radius 2 is 1.81 bits per heavy atom. The molecule has 1 amide bonds. The van der Waals surface area contributed by atoms with Crippen molar-refractivity contribution in [2.75, 3.05) is 19.0 Å². The second-order valence-corrected chi connectivity index (χ2v) is 9.32. The number of carbonyl (C=O) groups is 3. The zero-order valence-corrected chi connectivity index (χ0v) is 21.3. The molecule has 2 N–H and O–H groups in total. The quantitative estimate of drug-likeness (QED) is 0.394. The monoisotopic (exact) mass is 512 g/mol. The van der Waals surface area contributed by atoms with Gasteiger partial charge in [0.1, 0.15) is 19.2 Å². The molecule has 0 spiro atoms. The topological polar surface area (TPSA) is 140 Å². The number of benzene rings is 2. The molecule has 0 aliphatic heterocycles. The molecular formula is C24H28N6O5S. The molecule has 1 atom stereocenters. The Hall–Kier alpha value is -3.93. The first kappa shape index (κ1) is 26.7. The lowest BCUT2D eigenvalue weighted by molar-refractivity contribution is -0.139. The molecule has 1 unspecified atom stereocenters. The third-order valence-electron chi connectivity index (χ3n) is 5.23. The number of ether oxygens (including phenoxy) is 1. The Bertz CT molecular complexity index is 1210. The van der Waals surface area contributed by atoms with E-state index in [2.05, 4.69) is 20.8 Å². The summed E-state index contributed by atoms with van der Waals surface area (Å²) in [6.45, 7) is 3.63. The molecule has 0 aliphatic rings. The number of hydrogen-bond donors (Lipinski definition) is 2. The Morgan fingerprint density at radius 3 is 2.42 bits per heavy atom. The number of nitrogens with one attached hydrogen (secondary N) is 1. The van der Waals surface area contributed by atoms with Gasteiger partial charge in [-0.05, 0) is 64.9 Å². The highest BCUT2D eigenvalue weighted by Gasteiger charge is 2.26. The lowest BCUT2D eigenvalue weighted by atomic mass is 10.1. The summed E-state index contributed by atoms with van der Waals surface area (Å²) in [5.41, 5.74) is 3.87. The minimum Gasteiger partial charge on any atom is -0.481 e. The van der Waals surface area contributed by atoms with E-state index in [9.17, 15) is 19.5 Å². The lowest BCUT2D eigenvalue weighted by Crippen LogP contribution is -2.44. The van der Waals surface area contributed by atoms with Crippen LogP contribution in [0.1, 0.15) is 23.1 Å². The van der Waals surface area contributed by atoms with Gasteiger partial charge in [0.25, 0.3) is 0 Å². The van der Waals surface area contributed by atoms with Gasteiger partial charge in [-0.1, -0.05) is 30.3 Å². The minimum absolute atomic E-state index is 0.0141. The molecule has 0 bridgehead atoms.